The largest absolute Gasteiger partial charge is 0.465 e. The summed E-state index contributed by atoms with van der Waals surface area (Å²) in [4.78, 5) is 25.5. The van der Waals surface area contributed by atoms with Gasteiger partial charge in [0.1, 0.15) is 11.5 Å². The Morgan fingerprint density at radius 1 is 1.04 bits per heavy atom. The molecule has 0 radical (unpaired) electrons. The van der Waals surface area contributed by atoms with Crippen LogP contribution in [0.15, 0.2) is 54.6 Å². The topological polar surface area (TPSA) is 67.9 Å². The number of anilines is 1. The highest BCUT2D eigenvalue weighted by Crippen LogP contribution is 2.22. The van der Waals surface area contributed by atoms with Crippen molar-refractivity contribution in [2.24, 2.45) is 0 Å². The van der Waals surface area contributed by atoms with Gasteiger partial charge in [-0.05, 0) is 57.3 Å². The maximum atomic E-state index is 12.3. The lowest BCUT2D eigenvalue weighted by Crippen LogP contribution is -2.42. The molecule has 6 nitrogen and oxygen atoms in total. The van der Waals surface area contributed by atoms with Crippen LogP contribution in [0.3, 0.4) is 0 Å². The first kappa shape index (κ1) is 19.5. The van der Waals surface area contributed by atoms with Gasteiger partial charge >= 0.3 is 5.97 Å². The van der Waals surface area contributed by atoms with E-state index in [4.69, 9.17) is 9.47 Å². The summed E-state index contributed by atoms with van der Waals surface area (Å²) in [6.07, 6.45) is 0. The van der Waals surface area contributed by atoms with Crippen LogP contribution in [0.25, 0.3) is 0 Å². The van der Waals surface area contributed by atoms with Crippen molar-refractivity contribution >= 4 is 17.6 Å². The maximum absolute atomic E-state index is 12.3. The van der Waals surface area contributed by atoms with Crippen molar-refractivity contribution in [1.29, 1.82) is 0 Å². The van der Waals surface area contributed by atoms with Gasteiger partial charge in [-0.3, -0.25) is 14.5 Å². The van der Waals surface area contributed by atoms with Gasteiger partial charge in [0.05, 0.1) is 19.2 Å². The first-order valence-corrected chi connectivity index (χ1v) is 8.49. The Bertz CT molecular complexity index is 716. The predicted octanol–water partition coefficient (Wildman–Crippen LogP) is 3.30. The Kier molecular flexibility index (Phi) is 7.17. The molecule has 2 rings (SSSR count). The quantitative estimate of drug-likeness (QED) is 0.735. The lowest BCUT2D eigenvalue weighted by atomic mass is 10.2. The molecular weight excluding hydrogens is 332 g/mol. The zero-order valence-electron chi connectivity index (χ0n) is 15.3. The van der Waals surface area contributed by atoms with E-state index in [1.54, 1.807) is 50.1 Å². The summed E-state index contributed by atoms with van der Waals surface area (Å²) in [6.45, 7) is 3.87. The number of ether oxygens (including phenoxy) is 2. The smallest absolute Gasteiger partial charge is 0.320 e. The van der Waals surface area contributed by atoms with Crippen LogP contribution in [0.2, 0.25) is 0 Å². The number of esters is 1. The summed E-state index contributed by atoms with van der Waals surface area (Å²) in [5.41, 5.74) is 0.659. The molecule has 1 N–H and O–H groups in total. The van der Waals surface area contributed by atoms with E-state index in [1.165, 1.54) is 0 Å². The van der Waals surface area contributed by atoms with Crippen molar-refractivity contribution in [3.05, 3.63) is 54.6 Å². The fourth-order valence-electron chi connectivity index (χ4n) is 2.22. The van der Waals surface area contributed by atoms with E-state index in [0.29, 0.717) is 18.0 Å². The fraction of sp³-hybridized carbons (Fsp3) is 0.300. The molecule has 138 valence electrons. The Balaban J connectivity index is 1.89. The molecule has 0 aliphatic rings. The second-order valence-electron chi connectivity index (χ2n) is 5.82. The molecule has 2 aromatic carbocycles. The average molecular weight is 356 g/mol. The van der Waals surface area contributed by atoms with Crippen LogP contribution in [0, 0.1) is 0 Å². The average Bonchev–Trinajstić information content (AvgIpc) is 2.63. The number of hydrogen-bond donors (Lipinski definition) is 1. The minimum absolute atomic E-state index is 0.0618. The summed E-state index contributed by atoms with van der Waals surface area (Å²) >= 11 is 0. The molecule has 1 unspecified atom stereocenters. The summed E-state index contributed by atoms with van der Waals surface area (Å²) in [5.74, 6) is 0.880. The second kappa shape index (κ2) is 9.58. The molecular formula is C20H24N2O4. The minimum Gasteiger partial charge on any atom is -0.465 e. The van der Waals surface area contributed by atoms with Gasteiger partial charge in [-0.25, -0.2) is 0 Å². The number of para-hydroxylation sites is 1. The summed E-state index contributed by atoms with van der Waals surface area (Å²) in [5, 5.41) is 2.83. The van der Waals surface area contributed by atoms with Crippen molar-refractivity contribution in [2.45, 2.75) is 19.9 Å². The van der Waals surface area contributed by atoms with Gasteiger partial charge in [0, 0.05) is 5.69 Å². The molecule has 0 heterocycles. The zero-order valence-corrected chi connectivity index (χ0v) is 15.3. The molecule has 1 atom stereocenters. The molecule has 0 aliphatic heterocycles. The van der Waals surface area contributed by atoms with Crippen molar-refractivity contribution in [3.8, 4) is 11.5 Å². The molecule has 2 aromatic rings. The van der Waals surface area contributed by atoms with Gasteiger partial charge in [-0.15, -0.1) is 0 Å². The number of likely N-dealkylation sites (N-methyl/N-ethyl adjacent to an activating group) is 1. The van der Waals surface area contributed by atoms with Crippen molar-refractivity contribution in [3.63, 3.8) is 0 Å². The SMILES string of the molecule is CCOC(=O)CN(C)C(C)C(=O)Nc1ccc(Oc2ccccc2)cc1. The van der Waals surface area contributed by atoms with Crippen LogP contribution < -0.4 is 10.1 Å². The molecule has 0 saturated heterocycles. The lowest BCUT2D eigenvalue weighted by Gasteiger charge is -2.22. The molecule has 6 heteroatoms. The number of rotatable bonds is 8. The van der Waals surface area contributed by atoms with E-state index < -0.39 is 6.04 Å². The molecule has 0 spiro atoms. The molecule has 26 heavy (non-hydrogen) atoms. The standard InChI is InChI=1S/C20H24N2O4/c1-4-25-19(23)14-22(3)15(2)20(24)21-16-10-12-18(13-11-16)26-17-8-6-5-7-9-17/h5-13,15H,4,14H2,1-3H3,(H,21,24). The van der Waals surface area contributed by atoms with Gasteiger partial charge in [0.25, 0.3) is 0 Å². The number of nitrogens with one attached hydrogen (secondary N) is 1. The predicted molar refractivity (Wildman–Crippen MR) is 100 cm³/mol. The monoisotopic (exact) mass is 356 g/mol. The van der Waals surface area contributed by atoms with E-state index in [9.17, 15) is 9.59 Å². The summed E-state index contributed by atoms with van der Waals surface area (Å²) in [6, 6.07) is 16.1. The Labute approximate surface area is 153 Å². The molecule has 0 bridgehead atoms. The number of hydrogen-bond acceptors (Lipinski definition) is 5. The first-order valence-electron chi connectivity index (χ1n) is 8.49. The van der Waals surface area contributed by atoms with Crippen LogP contribution >= 0.6 is 0 Å². The Morgan fingerprint density at radius 3 is 2.27 bits per heavy atom. The molecule has 1 amide bonds. The van der Waals surface area contributed by atoms with E-state index in [1.807, 2.05) is 30.3 Å². The number of amides is 1. The van der Waals surface area contributed by atoms with Gasteiger partial charge in [0.15, 0.2) is 0 Å². The maximum Gasteiger partial charge on any atom is 0.320 e. The zero-order chi connectivity index (χ0) is 18.9. The van der Waals surface area contributed by atoms with Gasteiger partial charge < -0.3 is 14.8 Å². The first-order chi connectivity index (χ1) is 12.5. The highest BCUT2D eigenvalue weighted by atomic mass is 16.5. The van der Waals surface area contributed by atoms with Crippen molar-refractivity contribution < 1.29 is 19.1 Å². The lowest BCUT2D eigenvalue weighted by molar-refractivity contribution is -0.144. The van der Waals surface area contributed by atoms with Crippen LogP contribution in [-0.2, 0) is 14.3 Å². The molecule has 0 aliphatic carbocycles. The second-order valence-corrected chi connectivity index (χ2v) is 5.82. The normalized spacial score (nSPS) is 11.7. The Morgan fingerprint density at radius 2 is 1.65 bits per heavy atom. The number of carbonyl (C=O) groups is 2. The van der Waals surface area contributed by atoms with E-state index in [0.717, 1.165) is 5.75 Å². The Hall–Kier alpha value is -2.86. The highest BCUT2D eigenvalue weighted by molar-refractivity contribution is 5.94. The van der Waals surface area contributed by atoms with E-state index >= 15 is 0 Å². The van der Waals surface area contributed by atoms with Crippen molar-refractivity contribution in [2.75, 3.05) is 25.5 Å². The van der Waals surface area contributed by atoms with Crippen LogP contribution in [-0.4, -0.2) is 43.0 Å². The third-order valence-electron chi connectivity index (χ3n) is 3.83. The van der Waals surface area contributed by atoms with E-state index in [-0.39, 0.29) is 18.4 Å². The highest BCUT2D eigenvalue weighted by Gasteiger charge is 2.20. The van der Waals surface area contributed by atoms with Crippen LogP contribution in [0.5, 0.6) is 11.5 Å². The third kappa shape index (κ3) is 5.89. The number of benzene rings is 2. The van der Waals surface area contributed by atoms with E-state index in [2.05, 4.69) is 5.32 Å². The number of carbonyl (C=O) groups excluding carboxylic acids is 2. The summed E-state index contributed by atoms with van der Waals surface area (Å²) < 4.78 is 10.6. The van der Waals surface area contributed by atoms with Crippen molar-refractivity contribution in [1.82, 2.24) is 4.90 Å². The fourth-order valence-corrected chi connectivity index (χ4v) is 2.22. The number of nitrogens with zero attached hydrogens (tertiary/aromatic N) is 1. The van der Waals surface area contributed by atoms with Gasteiger partial charge in [0.2, 0.25) is 5.91 Å². The van der Waals surface area contributed by atoms with Gasteiger partial charge in [-0.2, -0.15) is 0 Å². The molecule has 0 aromatic heterocycles. The minimum atomic E-state index is -0.473. The molecule has 0 saturated carbocycles. The summed E-state index contributed by atoms with van der Waals surface area (Å²) in [7, 11) is 1.71. The van der Waals surface area contributed by atoms with Crippen LogP contribution in [0.4, 0.5) is 5.69 Å². The molecule has 0 fully saturated rings. The van der Waals surface area contributed by atoms with Gasteiger partial charge in [-0.1, -0.05) is 18.2 Å². The third-order valence-corrected chi connectivity index (χ3v) is 3.83. The van der Waals surface area contributed by atoms with Crippen LogP contribution in [0.1, 0.15) is 13.8 Å².